The number of nitrogens with zero attached hydrogens (tertiary/aromatic N) is 3. The van der Waals surface area contributed by atoms with Gasteiger partial charge in [-0.05, 0) is 20.8 Å². The zero-order chi connectivity index (χ0) is 14.2. The molecule has 1 aromatic rings. The minimum atomic E-state index is -0.408. The smallest absolute Gasteiger partial charge is 0.247 e. The fourth-order valence-electron chi connectivity index (χ4n) is 2.30. The van der Waals surface area contributed by atoms with E-state index < -0.39 is 6.04 Å². The van der Waals surface area contributed by atoms with Crippen LogP contribution >= 0.6 is 0 Å². The lowest BCUT2D eigenvalue weighted by molar-refractivity contribution is -0.140. The summed E-state index contributed by atoms with van der Waals surface area (Å²) in [5.41, 5.74) is 2.11. The summed E-state index contributed by atoms with van der Waals surface area (Å²) in [5.74, 6) is -0.220. The Morgan fingerprint density at radius 1 is 1.47 bits per heavy atom. The molecule has 0 radical (unpaired) electrons. The monoisotopic (exact) mass is 264 g/mol. The third-order valence-corrected chi connectivity index (χ3v) is 3.58. The van der Waals surface area contributed by atoms with Gasteiger partial charge in [-0.3, -0.25) is 19.2 Å². The van der Waals surface area contributed by atoms with E-state index in [1.165, 1.54) is 4.90 Å². The summed E-state index contributed by atoms with van der Waals surface area (Å²) < 4.78 is 1.79. The molecule has 19 heavy (non-hydrogen) atoms. The molecule has 0 spiro atoms. The number of amides is 2. The second kappa shape index (κ2) is 5.13. The Balaban J connectivity index is 2.00. The first kappa shape index (κ1) is 13.7. The van der Waals surface area contributed by atoms with Gasteiger partial charge in [-0.15, -0.1) is 0 Å². The number of hydrogen-bond acceptors (Lipinski definition) is 4. The van der Waals surface area contributed by atoms with E-state index in [2.05, 4.69) is 10.4 Å². The Kier molecular flexibility index (Phi) is 3.71. The molecule has 2 heterocycles. The first-order valence-electron chi connectivity index (χ1n) is 6.48. The molecule has 1 saturated heterocycles. The van der Waals surface area contributed by atoms with Crippen molar-refractivity contribution in [1.29, 1.82) is 0 Å². The number of likely N-dealkylation sites (tertiary alicyclic amines) is 1. The molecule has 2 amide bonds. The Morgan fingerprint density at radius 2 is 2.16 bits per heavy atom. The molecular formula is C13H20N4O2. The molecule has 1 atom stereocenters. The Hall–Kier alpha value is -1.69. The standard InChI is InChI=1S/C13H20N4O2/c1-8(2)17-12(18)5-11(13(17)19)14-6-10-7-15-16(4)9(10)3/h7-8,11,14H,5-6H2,1-4H3. The first-order chi connectivity index (χ1) is 8.91. The van der Waals surface area contributed by atoms with Crippen molar-refractivity contribution in [2.45, 2.75) is 45.8 Å². The highest BCUT2D eigenvalue weighted by Crippen LogP contribution is 2.17. The van der Waals surface area contributed by atoms with Crippen molar-refractivity contribution >= 4 is 11.8 Å². The number of aryl methyl sites for hydroxylation is 1. The van der Waals surface area contributed by atoms with Crippen molar-refractivity contribution in [3.05, 3.63) is 17.5 Å². The topological polar surface area (TPSA) is 67.2 Å². The average molecular weight is 264 g/mol. The minimum Gasteiger partial charge on any atom is -0.301 e. The lowest BCUT2D eigenvalue weighted by atomic mass is 10.2. The number of nitrogens with one attached hydrogen (secondary N) is 1. The number of carbonyl (C=O) groups excluding carboxylic acids is 2. The van der Waals surface area contributed by atoms with E-state index in [9.17, 15) is 9.59 Å². The van der Waals surface area contributed by atoms with Crippen molar-refractivity contribution in [3.8, 4) is 0 Å². The summed E-state index contributed by atoms with van der Waals surface area (Å²) in [5, 5.41) is 7.30. The number of hydrogen-bond donors (Lipinski definition) is 1. The lowest BCUT2D eigenvalue weighted by Gasteiger charge is -2.19. The molecule has 1 fully saturated rings. The molecule has 2 rings (SSSR count). The molecule has 0 aliphatic carbocycles. The highest BCUT2D eigenvalue weighted by Gasteiger charge is 2.39. The molecule has 1 aliphatic heterocycles. The molecular weight excluding hydrogens is 244 g/mol. The Bertz CT molecular complexity index is 507. The fourth-order valence-corrected chi connectivity index (χ4v) is 2.30. The second-order valence-electron chi connectivity index (χ2n) is 5.21. The van der Waals surface area contributed by atoms with E-state index in [1.807, 2.05) is 27.8 Å². The highest BCUT2D eigenvalue weighted by atomic mass is 16.2. The van der Waals surface area contributed by atoms with Crippen LogP contribution in [0.2, 0.25) is 0 Å². The molecule has 1 unspecified atom stereocenters. The van der Waals surface area contributed by atoms with Crippen LogP contribution in [0.25, 0.3) is 0 Å². The van der Waals surface area contributed by atoms with Gasteiger partial charge < -0.3 is 5.32 Å². The van der Waals surface area contributed by atoms with Crippen molar-refractivity contribution in [1.82, 2.24) is 20.0 Å². The third-order valence-electron chi connectivity index (χ3n) is 3.58. The van der Waals surface area contributed by atoms with Crippen LogP contribution < -0.4 is 5.32 Å². The quantitative estimate of drug-likeness (QED) is 0.797. The Labute approximate surface area is 112 Å². The van der Waals surface area contributed by atoms with Crippen molar-refractivity contribution in [3.63, 3.8) is 0 Å². The maximum absolute atomic E-state index is 12.1. The van der Waals surface area contributed by atoms with Crippen LogP contribution in [0.1, 0.15) is 31.5 Å². The molecule has 6 nitrogen and oxygen atoms in total. The van der Waals surface area contributed by atoms with Gasteiger partial charge in [0.05, 0.1) is 18.7 Å². The maximum atomic E-state index is 12.1. The third kappa shape index (κ3) is 2.53. The van der Waals surface area contributed by atoms with E-state index >= 15 is 0 Å². The summed E-state index contributed by atoms with van der Waals surface area (Å²) in [6.07, 6.45) is 2.03. The highest BCUT2D eigenvalue weighted by molar-refractivity contribution is 6.05. The van der Waals surface area contributed by atoms with Gasteiger partial charge in [0.2, 0.25) is 11.8 Å². The average Bonchev–Trinajstić information content (AvgIpc) is 2.79. The summed E-state index contributed by atoms with van der Waals surface area (Å²) >= 11 is 0. The SMILES string of the molecule is Cc1c(CNC2CC(=O)N(C(C)C)C2=O)cnn1C. The van der Waals surface area contributed by atoms with Crippen molar-refractivity contribution in [2.24, 2.45) is 7.05 Å². The van der Waals surface area contributed by atoms with E-state index in [0.717, 1.165) is 11.3 Å². The van der Waals surface area contributed by atoms with Crippen LogP contribution in [0.3, 0.4) is 0 Å². The van der Waals surface area contributed by atoms with Gasteiger partial charge >= 0.3 is 0 Å². The van der Waals surface area contributed by atoms with Crippen LogP contribution in [0.4, 0.5) is 0 Å². The van der Waals surface area contributed by atoms with E-state index in [4.69, 9.17) is 0 Å². The molecule has 6 heteroatoms. The van der Waals surface area contributed by atoms with Gasteiger partial charge in [0.15, 0.2) is 0 Å². The molecule has 0 aromatic carbocycles. The van der Waals surface area contributed by atoms with Gasteiger partial charge in [0.25, 0.3) is 0 Å². The number of carbonyl (C=O) groups is 2. The largest absolute Gasteiger partial charge is 0.301 e. The lowest BCUT2D eigenvalue weighted by Crippen LogP contribution is -2.41. The fraction of sp³-hybridized carbons (Fsp3) is 0.615. The van der Waals surface area contributed by atoms with Crippen molar-refractivity contribution in [2.75, 3.05) is 0 Å². The minimum absolute atomic E-state index is 0.0769. The van der Waals surface area contributed by atoms with E-state index in [0.29, 0.717) is 6.54 Å². The molecule has 1 aliphatic rings. The normalized spacial score (nSPS) is 19.8. The molecule has 104 valence electrons. The van der Waals surface area contributed by atoms with Crippen LogP contribution in [0, 0.1) is 6.92 Å². The second-order valence-corrected chi connectivity index (χ2v) is 5.21. The summed E-state index contributed by atoms with van der Waals surface area (Å²) in [6.45, 7) is 6.23. The van der Waals surface area contributed by atoms with Crippen molar-refractivity contribution < 1.29 is 9.59 Å². The van der Waals surface area contributed by atoms with Gasteiger partial charge in [-0.2, -0.15) is 5.10 Å². The van der Waals surface area contributed by atoms with Crippen LogP contribution in [0.15, 0.2) is 6.20 Å². The zero-order valence-corrected chi connectivity index (χ0v) is 11.8. The number of aromatic nitrogens is 2. The molecule has 0 saturated carbocycles. The van der Waals surface area contributed by atoms with Gasteiger partial charge in [0.1, 0.15) is 0 Å². The number of rotatable bonds is 4. The van der Waals surface area contributed by atoms with Crippen LogP contribution in [-0.2, 0) is 23.2 Å². The predicted octanol–water partition coefficient (Wildman–Crippen LogP) is 0.354. The van der Waals surface area contributed by atoms with E-state index in [-0.39, 0.29) is 24.3 Å². The van der Waals surface area contributed by atoms with Gasteiger partial charge in [-0.1, -0.05) is 0 Å². The number of imide groups is 1. The zero-order valence-electron chi connectivity index (χ0n) is 11.8. The van der Waals surface area contributed by atoms with Crippen LogP contribution in [0.5, 0.6) is 0 Å². The summed E-state index contributed by atoms with van der Waals surface area (Å²) in [6, 6.07) is -0.485. The molecule has 1 N–H and O–H groups in total. The summed E-state index contributed by atoms with van der Waals surface area (Å²) in [4.78, 5) is 25.2. The predicted molar refractivity (Wildman–Crippen MR) is 70.2 cm³/mol. The van der Waals surface area contributed by atoms with Gasteiger partial charge in [0, 0.05) is 30.9 Å². The summed E-state index contributed by atoms with van der Waals surface area (Å²) in [7, 11) is 1.88. The first-order valence-corrected chi connectivity index (χ1v) is 6.48. The Morgan fingerprint density at radius 3 is 2.63 bits per heavy atom. The van der Waals surface area contributed by atoms with E-state index in [1.54, 1.807) is 10.9 Å². The molecule has 1 aromatic heterocycles. The van der Waals surface area contributed by atoms with Crippen LogP contribution in [-0.4, -0.2) is 38.6 Å². The van der Waals surface area contributed by atoms with Gasteiger partial charge in [-0.25, -0.2) is 0 Å². The molecule has 0 bridgehead atoms. The maximum Gasteiger partial charge on any atom is 0.247 e.